The lowest BCUT2D eigenvalue weighted by Crippen LogP contribution is -2.01. The maximum atomic E-state index is 10.6. The maximum absolute atomic E-state index is 10.6. The number of nitrogens with zero attached hydrogens (tertiary/aromatic N) is 2. The summed E-state index contributed by atoms with van der Waals surface area (Å²) in [4.78, 5) is 18.6. The number of benzene rings is 1. The number of aromatic nitrogens is 2. The molecule has 0 unspecified atom stereocenters. The zero-order valence-electron chi connectivity index (χ0n) is 8.91. The first-order valence-electron chi connectivity index (χ1n) is 4.98. The Hall–Kier alpha value is -2.43. The van der Waals surface area contributed by atoms with Crippen LogP contribution in [0.1, 0.15) is 16.2 Å². The van der Waals surface area contributed by atoms with Gasteiger partial charge in [-0.25, -0.2) is 14.8 Å². The smallest absolute Gasteiger partial charge is 0.335 e. The summed E-state index contributed by atoms with van der Waals surface area (Å²) in [6.45, 7) is 0.257. The minimum absolute atomic E-state index is 0.230. The first kappa shape index (κ1) is 11.1. The summed E-state index contributed by atoms with van der Waals surface area (Å²) in [5, 5.41) is 8.72. The average Bonchev–Trinajstić information content (AvgIpc) is 2.38. The second-order valence-electron chi connectivity index (χ2n) is 3.28. The summed E-state index contributed by atoms with van der Waals surface area (Å²) in [5.41, 5.74) is 0.230. The van der Waals surface area contributed by atoms with Crippen molar-refractivity contribution in [1.29, 1.82) is 0 Å². The fourth-order valence-corrected chi connectivity index (χ4v) is 1.25. The third-order valence-corrected chi connectivity index (χ3v) is 2.09. The molecule has 0 fully saturated rings. The number of aromatic carboxylic acids is 1. The highest BCUT2D eigenvalue weighted by molar-refractivity contribution is 5.87. The van der Waals surface area contributed by atoms with Crippen molar-refractivity contribution in [2.45, 2.75) is 6.61 Å². The highest BCUT2D eigenvalue weighted by Gasteiger charge is 2.02. The van der Waals surface area contributed by atoms with Gasteiger partial charge in [-0.15, -0.1) is 0 Å². The predicted molar refractivity (Wildman–Crippen MR) is 59.8 cm³/mol. The number of ether oxygens (including phenoxy) is 1. The molecule has 2 rings (SSSR count). The molecule has 17 heavy (non-hydrogen) atoms. The van der Waals surface area contributed by atoms with Crippen molar-refractivity contribution < 1.29 is 14.6 Å². The molecule has 0 bridgehead atoms. The van der Waals surface area contributed by atoms with Crippen LogP contribution in [0.4, 0.5) is 0 Å². The first-order valence-corrected chi connectivity index (χ1v) is 4.98. The zero-order valence-corrected chi connectivity index (χ0v) is 8.91. The van der Waals surface area contributed by atoms with Gasteiger partial charge in [0.25, 0.3) is 0 Å². The normalized spacial score (nSPS) is 9.88. The second-order valence-corrected chi connectivity index (χ2v) is 3.28. The molecule has 1 heterocycles. The van der Waals surface area contributed by atoms with Crippen molar-refractivity contribution in [1.82, 2.24) is 9.97 Å². The molecule has 0 aliphatic rings. The number of carbonyl (C=O) groups is 1. The van der Waals surface area contributed by atoms with Gasteiger partial charge in [0, 0.05) is 12.4 Å². The van der Waals surface area contributed by atoms with Crippen molar-refractivity contribution in [2.24, 2.45) is 0 Å². The molecule has 1 N–H and O–H groups in total. The molecule has 0 spiro atoms. The summed E-state index contributed by atoms with van der Waals surface area (Å²) < 4.78 is 5.41. The van der Waals surface area contributed by atoms with Crippen molar-refractivity contribution in [3.05, 3.63) is 54.1 Å². The zero-order chi connectivity index (χ0) is 12.1. The van der Waals surface area contributed by atoms with Gasteiger partial charge >= 0.3 is 5.97 Å². The molecule has 1 aromatic carbocycles. The Balaban J connectivity index is 1.98. The number of carboxylic acids is 1. The molecule has 0 aliphatic carbocycles. The number of carboxylic acid groups (broad SMARTS) is 1. The van der Waals surface area contributed by atoms with Crippen LogP contribution in [-0.4, -0.2) is 21.0 Å². The van der Waals surface area contributed by atoms with Crippen molar-refractivity contribution >= 4 is 5.97 Å². The summed E-state index contributed by atoms with van der Waals surface area (Å²) in [7, 11) is 0. The topological polar surface area (TPSA) is 72.3 Å². The van der Waals surface area contributed by atoms with Gasteiger partial charge < -0.3 is 9.84 Å². The van der Waals surface area contributed by atoms with E-state index in [0.29, 0.717) is 11.6 Å². The molecule has 0 saturated carbocycles. The third kappa shape index (κ3) is 3.01. The number of hydrogen-bond acceptors (Lipinski definition) is 4. The molecule has 1 aromatic heterocycles. The van der Waals surface area contributed by atoms with Gasteiger partial charge in [-0.3, -0.25) is 0 Å². The first-order chi connectivity index (χ1) is 8.25. The predicted octanol–water partition coefficient (Wildman–Crippen LogP) is 1.75. The summed E-state index contributed by atoms with van der Waals surface area (Å²) in [6, 6.07) is 7.91. The molecular weight excluding hydrogens is 220 g/mol. The molecule has 0 atom stereocenters. The van der Waals surface area contributed by atoms with E-state index in [4.69, 9.17) is 9.84 Å². The Morgan fingerprint density at radius 1 is 1.18 bits per heavy atom. The highest BCUT2D eigenvalue weighted by Crippen LogP contribution is 2.13. The fraction of sp³-hybridized carbons (Fsp3) is 0.0833. The van der Waals surface area contributed by atoms with Crippen molar-refractivity contribution in [2.75, 3.05) is 0 Å². The van der Waals surface area contributed by atoms with Gasteiger partial charge in [0.1, 0.15) is 12.4 Å². The SMILES string of the molecule is O=C(O)c1ccc(OCc2ncccn2)cc1. The van der Waals surface area contributed by atoms with E-state index in [1.807, 2.05) is 0 Å². The highest BCUT2D eigenvalue weighted by atomic mass is 16.5. The van der Waals surface area contributed by atoms with Crippen LogP contribution in [0.15, 0.2) is 42.7 Å². The van der Waals surface area contributed by atoms with Gasteiger partial charge in [0.05, 0.1) is 5.56 Å². The summed E-state index contributed by atoms with van der Waals surface area (Å²) >= 11 is 0. The van der Waals surface area contributed by atoms with Crippen LogP contribution >= 0.6 is 0 Å². The van der Waals surface area contributed by atoms with Gasteiger partial charge in [-0.05, 0) is 30.3 Å². The van der Waals surface area contributed by atoms with Crippen LogP contribution in [0.2, 0.25) is 0 Å². The molecule has 0 saturated heterocycles. The fourth-order valence-electron chi connectivity index (χ4n) is 1.25. The third-order valence-electron chi connectivity index (χ3n) is 2.09. The van der Waals surface area contributed by atoms with E-state index in [9.17, 15) is 4.79 Å². The maximum Gasteiger partial charge on any atom is 0.335 e. The molecule has 2 aromatic rings. The minimum atomic E-state index is -0.956. The van der Waals surface area contributed by atoms with Crippen LogP contribution in [0.25, 0.3) is 0 Å². The largest absolute Gasteiger partial charge is 0.486 e. The molecule has 0 amide bonds. The number of rotatable bonds is 4. The molecule has 5 nitrogen and oxygen atoms in total. The van der Waals surface area contributed by atoms with Crippen molar-refractivity contribution in [3.63, 3.8) is 0 Å². The lowest BCUT2D eigenvalue weighted by molar-refractivity contribution is 0.0697. The van der Waals surface area contributed by atoms with E-state index >= 15 is 0 Å². The van der Waals surface area contributed by atoms with Crippen LogP contribution in [-0.2, 0) is 6.61 Å². The van der Waals surface area contributed by atoms with Gasteiger partial charge in [0.15, 0.2) is 5.82 Å². The van der Waals surface area contributed by atoms with E-state index < -0.39 is 5.97 Å². The standard InChI is InChI=1S/C12H10N2O3/c15-12(16)9-2-4-10(5-3-9)17-8-11-13-6-1-7-14-11/h1-7H,8H2,(H,15,16). The lowest BCUT2D eigenvalue weighted by atomic mass is 10.2. The van der Waals surface area contributed by atoms with Gasteiger partial charge in [-0.2, -0.15) is 0 Å². The van der Waals surface area contributed by atoms with Gasteiger partial charge in [0.2, 0.25) is 0 Å². The Bertz CT molecular complexity index is 497. The Kier molecular flexibility index (Phi) is 3.30. The summed E-state index contributed by atoms with van der Waals surface area (Å²) in [5.74, 6) is 0.209. The van der Waals surface area contributed by atoms with Crippen molar-refractivity contribution in [3.8, 4) is 5.75 Å². The van der Waals surface area contributed by atoms with E-state index in [-0.39, 0.29) is 12.2 Å². The van der Waals surface area contributed by atoms with Crippen LogP contribution in [0.3, 0.4) is 0 Å². The molecule has 0 aliphatic heterocycles. The molecular formula is C12H10N2O3. The second kappa shape index (κ2) is 5.07. The monoisotopic (exact) mass is 230 g/mol. The Labute approximate surface area is 97.7 Å². The van der Waals surface area contributed by atoms with E-state index in [1.54, 1.807) is 30.6 Å². The van der Waals surface area contributed by atoms with E-state index in [2.05, 4.69) is 9.97 Å². The lowest BCUT2D eigenvalue weighted by Gasteiger charge is -2.04. The van der Waals surface area contributed by atoms with Crippen LogP contribution < -0.4 is 4.74 Å². The van der Waals surface area contributed by atoms with Gasteiger partial charge in [-0.1, -0.05) is 0 Å². The summed E-state index contributed by atoms with van der Waals surface area (Å²) in [6.07, 6.45) is 3.28. The molecule has 86 valence electrons. The quantitative estimate of drug-likeness (QED) is 0.866. The Morgan fingerprint density at radius 2 is 1.82 bits per heavy atom. The van der Waals surface area contributed by atoms with Crippen LogP contribution in [0.5, 0.6) is 5.75 Å². The van der Waals surface area contributed by atoms with Crippen LogP contribution in [0, 0.1) is 0 Å². The minimum Gasteiger partial charge on any atom is -0.486 e. The average molecular weight is 230 g/mol. The number of hydrogen-bond donors (Lipinski definition) is 1. The Morgan fingerprint density at radius 3 is 2.41 bits per heavy atom. The molecule has 5 heteroatoms. The van der Waals surface area contributed by atoms with E-state index in [1.165, 1.54) is 12.1 Å². The van der Waals surface area contributed by atoms with E-state index in [0.717, 1.165) is 0 Å². The molecule has 0 radical (unpaired) electrons.